The molecule has 10 rings (SSSR count). The summed E-state index contributed by atoms with van der Waals surface area (Å²) in [6.07, 6.45) is 14.9. The zero-order chi connectivity index (χ0) is 31.4. The van der Waals surface area contributed by atoms with E-state index in [0.717, 1.165) is 64.2 Å². The Hall–Kier alpha value is -1.49. The second-order valence-electron chi connectivity index (χ2n) is 18.1. The molecule has 10 aliphatic rings. The van der Waals surface area contributed by atoms with Crippen LogP contribution in [0.4, 0.5) is 0 Å². The molecule has 0 aromatic carbocycles. The third-order valence-corrected chi connectivity index (χ3v) is 17.6. The predicted octanol–water partition coefficient (Wildman–Crippen LogP) is 4.47. The summed E-state index contributed by atoms with van der Waals surface area (Å²) >= 11 is 0. The molecule has 10 aliphatic carbocycles. The zero-order valence-corrected chi connectivity index (χ0v) is 27.1. The Bertz CT molecular complexity index is 1470. The number of carbonyl (C=O) groups is 1. The van der Waals surface area contributed by atoms with Crippen LogP contribution in [-0.4, -0.2) is 62.3 Å². The second kappa shape index (κ2) is 8.94. The molecule has 15 atom stereocenters. The fourth-order valence-electron chi connectivity index (χ4n) is 15.9. The molecule has 0 aliphatic heterocycles. The second-order valence-corrected chi connectivity index (χ2v) is 18.1. The smallest absolute Gasteiger partial charge is 0.159 e. The van der Waals surface area contributed by atoms with Crippen molar-refractivity contribution in [3.8, 4) is 11.8 Å². The lowest BCUT2D eigenvalue weighted by atomic mass is 9.24. The minimum atomic E-state index is -1.06. The first-order chi connectivity index (χ1) is 21.4. The van der Waals surface area contributed by atoms with Gasteiger partial charge in [-0.15, -0.1) is 5.92 Å². The van der Waals surface area contributed by atoms with Gasteiger partial charge in [-0.05, 0) is 124 Å². The van der Waals surface area contributed by atoms with Crippen molar-refractivity contribution in [3.63, 3.8) is 0 Å². The quantitative estimate of drug-likeness (QED) is 0.231. The fraction of sp³-hybridized carbons (Fsp3) is 0.821. The van der Waals surface area contributed by atoms with Gasteiger partial charge in [-0.2, -0.15) is 0 Å². The van der Waals surface area contributed by atoms with Crippen LogP contribution >= 0.6 is 0 Å². The fourth-order valence-corrected chi connectivity index (χ4v) is 15.9. The molecule has 0 radical (unpaired) electrons. The van der Waals surface area contributed by atoms with E-state index in [-0.39, 0.29) is 34.4 Å². The minimum absolute atomic E-state index is 0.00994. The van der Waals surface area contributed by atoms with E-state index in [9.17, 15) is 25.5 Å². The van der Waals surface area contributed by atoms with Gasteiger partial charge < -0.3 is 25.5 Å². The van der Waals surface area contributed by atoms with Crippen LogP contribution in [-0.2, 0) is 4.79 Å². The summed E-state index contributed by atoms with van der Waals surface area (Å²) in [5.74, 6) is 6.65. The van der Waals surface area contributed by atoms with Crippen molar-refractivity contribution < 1.29 is 30.3 Å². The van der Waals surface area contributed by atoms with Gasteiger partial charge in [0.1, 0.15) is 6.10 Å². The van der Waals surface area contributed by atoms with Gasteiger partial charge in [0, 0.05) is 34.0 Å². The monoisotopic (exact) mass is 616 g/mol. The van der Waals surface area contributed by atoms with Crippen LogP contribution in [0.3, 0.4) is 0 Å². The molecule has 3 spiro atoms. The van der Waals surface area contributed by atoms with Gasteiger partial charge in [0.2, 0.25) is 0 Å². The first-order valence-electron chi connectivity index (χ1n) is 18.2. The molecule has 0 amide bonds. The number of fused-ring (bicyclic) bond motifs is 4. The van der Waals surface area contributed by atoms with E-state index in [1.54, 1.807) is 0 Å². The molecule has 0 aromatic heterocycles. The maximum atomic E-state index is 15.2. The number of aliphatic hydroxyl groups excluding tert-OH is 5. The summed E-state index contributed by atoms with van der Waals surface area (Å²) in [6.45, 7) is 4.22. The van der Waals surface area contributed by atoms with Gasteiger partial charge in [-0.1, -0.05) is 37.5 Å². The molecular weight excluding hydrogens is 564 g/mol. The number of aliphatic hydroxyl groups is 5. The Kier molecular flexibility index (Phi) is 5.89. The van der Waals surface area contributed by atoms with Crippen molar-refractivity contribution in [3.05, 3.63) is 23.8 Å². The third-order valence-electron chi connectivity index (χ3n) is 17.6. The third kappa shape index (κ3) is 2.96. The summed E-state index contributed by atoms with van der Waals surface area (Å²) in [5.41, 5.74) is -1.90. The summed E-state index contributed by atoms with van der Waals surface area (Å²) in [4.78, 5) is 15.2. The van der Waals surface area contributed by atoms with Crippen molar-refractivity contribution in [1.82, 2.24) is 0 Å². The average molecular weight is 617 g/mol. The normalized spacial score (nSPS) is 59.1. The zero-order valence-electron chi connectivity index (χ0n) is 27.1. The lowest BCUT2D eigenvalue weighted by Gasteiger charge is -2.79. The SMILES string of the molecule is CC12C3C=CCC(C(O)CO)(C(O)C3)C1CCC1(C)C2C(=O)C=C2C13CCC1CCC45CCC#CC(O)C(CC4)(C(O)C3)C21C5. The highest BCUT2D eigenvalue weighted by molar-refractivity contribution is 5.96. The molecule has 0 saturated heterocycles. The lowest BCUT2D eigenvalue weighted by Crippen LogP contribution is -2.77. The van der Waals surface area contributed by atoms with E-state index in [1.165, 1.54) is 12.0 Å². The molecule has 0 aromatic rings. The molecule has 0 heterocycles. The molecule has 6 bridgehead atoms. The maximum absolute atomic E-state index is 15.2. The number of ketones is 1. The standard InChI is InChI=1S/C39H52O6/c1-33-13-10-26-34(2,24-6-5-12-37(26,29(43)18-24)31(45)21-40)32(33)25(41)19-27-36(33)15-9-23-8-14-35-11-4-3-7-28(42)38(17-16-35,30(44)20-36)39(23,27)22-35/h5-6,19,23-24,26,28-32,40,42-45H,4,8-18,20-22H2,1-2H3. The molecule has 6 fully saturated rings. The number of carbonyl (C=O) groups excluding carboxylic acids is 1. The van der Waals surface area contributed by atoms with Crippen LogP contribution in [0.2, 0.25) is 0 Å². The van der Waals surface area contributed by atoms with Crippen molar-refractivity contribution in [2.75, 3.05) is 6.61 Å². The first kappa shape index (κ1) is 29.6. The number of hydrogen-bond acceptors (Lipinski definition) is 6. The van der Waals surface area contributed by atoms with Crippen LogP contribution in [0, 0.1) is 73.4 Å². The summed E-state index contributed by atoms with van der Waals surface area (Å²) in [5, 5.41) is 58.1. The topological polar surface area (TPSA) is 118 Å². The van der Waals surface area contributed by atoms with Crippen molar-refractivity contribution in [1.29, 1.82) is 0 Å². The van der Waals surface area contributed by atoms with E-state index < -0.39 is 58.1 Å². The van der Waals surface area contributed by atoms with Gasteiger partial charge >= 0.3 is 0 Å². The Morgan fingerprint density at radius 3 is 2.60 bits per heavy atom. The van der Waals surface area contributed by atoms with Gasteiger partial charge in [0.05, 0.1) is 24.9 Å². The maximum Gasteiger partial charge on any atom is 0.159 e. The Labute approximate surface area is 267 Å². The minimum Gasteiger partial charge on any atom is -0.394 e. The van der Waals surface area contributed by atoms with Crippen LogP contribution in [0.25, 0.3) is 0 Å². The van der Waals surface area contributed by atoms with Crippen LogP contribution in [0.5, 0.6) is 0 Å². The van der Waals surface area contributed by atoms with E-state index in [0.29, 0.717) is 25.2 Å². The Morgan fingerprint density at radius 2 is 1.80 bits per heavy atom. The van der Waals surface area contributed by atoms with E-state index in [4.69, 9.17) is 0 Å². The van der Waals surface area contributed by atoms with Gasteiger partial charge in [-0.3, -0.25) is 4.79 Å². The molecule has 244 valence electrons. The summed E-state index contributed by atoms with van der Waals surface area (Å²) in [7, 11) is 0. The predicted molar refractivity (Wildman–Crippen MR) is 168 cm³/mol. The van der Waals surface area contributed by atoms with Gasteiger partial charge in [0.15, 0.2) is 5.78 Å². The molecular formula is C39H52O6. The molecule has 15 unspecified atom stereocenters. The van der Waals surface area contributed by atoms with Crippen LogP contribution in [0.15, 0.2) is 23.8 Å². The van der Waals surface area contributed by atoms with E-state index in [1.807, 2.05) is 0 Å². The number of rotatable bonds is 2. The number of hydrogen-bond donors (Lipinski definition) is 5. The molecule has 5 N–H and O–H groups in total. The first-order valence-corrected chi connectivity index (χ1v) is 18.2. The largest absolute Gasteiger partial charge is 0.394 e. The van der Waals surface area contributed by atoms with Gasteiger partial charge in [-0.25, -0.2) is 0 Å². The van der Waals surface area contributed by atoms with Crippen LogP contribution < -0.4 is 0 Å². The highest BCUT2D eigenvalue weighted by atomic mass is 16.3. The summed E-state index contributed by atoms with van der Waals surface area (Å²) < 4.78 is 0. The molecule has 6 heteroatoms. The molecule has 45 heavy (non-hydrogen) atoms. The highest BCUT2D eigenvalue weighted by Gasteiger charge is 2.81. The number of allylic oxidation sites excluding steroid dienone is 4. The van der Waals surface area contributed by atoms with Crippen LogP contribution in [0.1, 0.15) is 104 Å². The van der Waals surface area contributed by atoms with E-state index in [2.05, 4.69) is 43.9 Å². The van der Waals surface area contributed by atoms with Crippen molar-refractivity contribution >= 4 is 5.78 Å². The lowest BCUT2D eigenvalue weighted by molar-refractivity contribution is -0.290. The Balaban J connectivity index is 1.28. The summed E-state index contributed by atoms with van der Waals surface area (Å²) in [6, 6.07) is 0. The van der Waals surface area contributed by atoms with Crippen molar-refractivity contribution in [2.45, 2.75) is 128 Å². The average Bonchev–Trinajstić information content (AvgIpc) is 3.20. The molecule has 6 nitrogen and oxygen atoms in total. The van der Waals surface area contributed by atoms with E-state index >= 15 is 4.79 Å². The van der Waals surface area contributed by atoms with Crippen molar-refractivity contribution in [2.24, 2.45) is 61.6 Å². The molecule has 6 saturated carbocycles. The van der Waals surface area contributed by atoms with Gasteiger partial charge in [0.25, 0.3) is 0 Å². The Morgan fingerprint density at radius 1 is 1.00 bits per heavy atom. The highest BCUT2D eigenvalue weighted by Crippen LogP contribution is 2.85.